The first-order valence-electron chi connectivity index (χ1n) is 13.8. The van der Waals surface area contributed by atoms with E-state index in [0.717, 1.165) is 24.3 Å². The fourth-order valence-electron chi connectivity index (χ4n) is 4.48. The van der Waals surface area contributed by atoms with Crippen molar-refractivity contribution in [2.75, 3.05) is 4.90 Å². The maximum Gasteiger partial charge on any atom is 0.243 e. The summed E-state index contributed by atoms with van der Waals surface area (Å²) in [6.07, 6.45) is 0.937. The quantitative estimate of drug-likeness (QED) is 0.301. The number of benzene rings is 3. The van der Waals surface area contributed by atoms with E-state index >= 15 is 0 Å². The van der Waals surface area contributed by atoms with Crippen molar-refractivity contribution < 1.29 is 9.59 Å². The van der Waals surface area contributed by atoms with Crippen LogP contribution in [0.25, 0.3) is 0 Å². The number of nitrogens with one attached hydrogen (secondary N) is 2. The molecule has 39 heavy (non-hydrogen) atoms. The van der Waals surface area contributed by atoms with Gasteiger partial charge in [-0.1, -0.05) is 86.6 Å². The molecule has 0 fully saturated rings. The van der Waals surface area contributed by atoms with Gasteiger partial charge in [0.2, 0.25) is 11.8 Å². The Morgan fingerprint density at radius 3 is 1.74 bits per heavy atom. The zero-order chi connectivity index (χ0) is 28.4. The van der Waals surface area contributed by atoms with Gasteiger partial charge in [0.15, 0.2) is 0 Å². The number of rotatable bonds is 12. The van der Waals surface area contributed by atoms with Gasteiger partial charge in [0.05, 0.1) is 6.04 Å². The third-order valence-electron chi connectivity index (χ3n) is 6.37. The number of anilines is 1. The second-order valence-corrected chi connectivity index (χ2v) is 11.7. The van der Waals surface area contributed by atoms with Crippen molar-refractivity contribution in [1.29, 1.82) is 0 Å². The summed E-state index contributed by atoms with van der Waals surface area (Å²) in [6.45, 7) is 11.4. The predicted molar refractivity (Wildman–Crippen MR) is 160 cm³/mol. The topological polar surface area (TPSA) is 87.5 Å². The maximum atomic E-state index is 13.2. The molecule has 0 aliphatic heterocycles. The Labute approximate surface area is 234 Å². The van der Waals surface area contributed by atoms with Gasteiger partial charge in [0.1, 0.15) is 6.04 Å². The van der Waals surface area contributed by atoms with Crippen LogP contribution in [-0.2, 0) is 29.1 Å². The molecule has 208 valence electrons. The molecule has 0 heterocycles. The molecule has 0 saturated carbocycles. The summed E-state index contributed by atoms with van der Waals surface area (Å²) in [5.41, 5.74) is 10.2. The molecule has 4 N–H and O–H groups in total. The van der Waals surface area contributed by atoms with E-state index in [-0.39, 0.29) is 17.7 Å². The Bertz CT molecular complexity index is 1130. The van der Waals surface area contributed by atoms with Crippen molar-refractivity contribution >= 4 is 17.5 Å². The highest BCUT2D eigenvalue weighted by Gasteiger charge is 2.27. The summed E-state index contributed by atoms with van der Waals surface area (Å²) < 4.78 is 0. The highest BCUT2D eigenvalue weighted by Crippen LogP contribution is 2.22. The zero-order valence-electron chi connectivity index (χ0n) is 24.0. The van der Waals surface area contributed by atoms with Gasteiger partial charge in [0, 0.05) is 30.7 Å². The normalized spacial score (nSPS) is 13.0. The monoisotopic (exact) mass is 528 g/mol. The summed E-state index contributed by atoms with van der Waals surface area (Å²) in [5.74, 6) is -0.229. The molecule has 2 amide bonds. The van der Waals surface area contributed by atoms with E-state index in [1.807, 2.05) is 58.9 Å². The second kappa shape index (κ2) is 13.9. The molecule has 0 aliphatic rings. The summed E-state index contributed by atoms with van der Waals surface area (Å²) in [6, 6.07) is 27.7. The lowest BCUT2D eigenvalue weighted by molar-refractivity contribution is -0.130. The van der Waals surface area contributed by atoms with E-state index in [4.69, 9.17) is 5.73 Å². The van der Waals surface area contributed by atoms with Crippen LogP contribution in [0.2, 0.25) is 0 Å². The smallest absolute Gasteiger partial charge is 0.243 e. The van der Waals surface area contributed by atoms with Crippen LogP contribution in [0.5, 0.6) is 0 Å². The molecule has 3 rings (SSSR count). The Balaban J connectivity index is 1.79. The highest BCUT2D eigenvalue weighted by atomic mass is 16.2. The van der Waals surface area contributed by atoms with E-state index in [1.165, 1.54) is 11.1 Å². The van der Waals surface area contributed by atoms with Crippen LogP contribution in [0.1, 0.15) is 57.7 Å². The van der Waals surface area contributed by atoms with Crippen molar-refractivity contribution in [1.82, 2.24) is 10.6 Å². The molecule has 3 aromatic rings. The number of amides is 2. The second-order valence-electron chi connectivity index (χ2n) is 11.7. The van der Waals surface area contributed by atoms with Crippen LogP contribution >= 0.6 is 0 Å². The third kappa shape index (κ3) is 10.2. The van der Waals surface area contributed by atoms with Gasteiger partial charge in [-0.3, -0.25) is 9.59 Å². The lowest BCUT2D eigenvalue weighted by atomic mass is 10.0. The van der Waals surface area contributed by atoms with Gasteiger partial charge >= 0.3 is 0 Å². The molecule has 3 aromatic carbocycles. The van der Waals surface area contributed by atoms with Crippen LogP contribution in [0.4, 0.5) is 5.69 Å². The number of hydrogen-bond acceptors (Lipinski definition) is 4. The third-order valence-corrected chi connectivity index (χ3v) is 6.37. The van der Waals surface area contributed by atoms with E-state index in [1.54, 1.807) is 0 Å². The van der Waals surface area contributed by atoms with Crippen molar-refractivity contribution in [2.24, 2.45) is 11.7 Å². The summed E-state index contributed by atoms with van der Waals surface area (Å²) in [7, 11) is 0. The summed E-state index contributed by atoms with van der Waals surface area (Å²) in [4.78, 5) is 28.3. The molecule has 0 saturated heterocycles. The minimum atomic E-state index is -0.717. The Kier molecular flexibility index (Phi) is 10.7. The number of carbonyl (C=O) groups is 2. The molecule has 0 aromatic heterocycles. The van der Waals surface area contributed by atoms with Crippen molar-refractivity contribution in [2.45, 2.75) is 78.2 Å². The van der Waals surface area contributed by atoms with Crippen LogP contribution in [0.15, 0.2) is 84.9 Å². The molecular formula is C33H44N4O2. The standard InChI is InChI=1S/C33H44N4O2/c1-24(2)20-29(34)31(38)35-30(32(39)36-33(3,4)5)21-25-16-18-28(19-17-25)37(22-26-12-8-6-9-13-26)23-27-14-10-7-11-15-27/h6-19,24,29-30H,20-23,34H2,1-5H3,(H,35,38)(H,36,39). The molecule has 2 unspecified atom stereocenters. The van der Waals surface area contributed by atoms with Crippen LogP contribution in [-0.4, -0.2) is 29.4 Å². The van der Waals surface area contributed by atoms with E-state index in [0.29, 0.717) is 12.8 Å². The fraction of sp³-hybridized carbons (Fsp3) is 0.394. The molecule has 0 aliphatic carbocycles. The van der Waals surface area contributed by atoms with Gasteiger partial charge in [-0.15, -0.1) is 0 Å². The average molecular weight is 529 g/mol. The van der Waals surface area contributed by atoms with Crippen molar-refractivity contribution in [3.63, 3.8) is 0 Å². The SMILES string of the molecule is CC(C)CC(N)C(=O)NC(Cc1ccc(N(Cc2ccccc2)Cc2ccccc2)cc1)C(=O)NC(C)(C)C. The molecule has 0 spiro atoms. The van der Waals surface area contributed by atoms with Gasteiger partial charge in [-0.25, -0.2) is 0 Å². The minimum Gasteiger partial charge on any atom is -0.363 e. The number of carbonyl (C=O) groups excluding carboxylic acids is 2. The summed E-state index contributed by atoms with van der Waals surface area (Å²) in [5, 5.41) is 5.92. The number of nitrogens with two attached hydrogens (primary N) is 1. The van der Waals surface area contributed by atoms with E-state index in [2.05, 4.69) is 76.2 Å². The van der Waals surface area contributed by atoms with E-state index < -0.39 is 17.6 Å². The van der Waals surface area contributed by atoms with Gasteiger partial charge < -0.3 is 21.3 Å². The zero-order valence-corrected chi connectivity index (χ0v) is 24.0. The molecule has 6 nitrogen and oxygen atoms in total. The first-order chi connectivity index (χ1) is 18.5. The van der Waals surface area contributed by atoms with Gasteiger partial charge in [0.25, 0.3) is 0 Å². The van der Waals surface area contributed by atoms with Crippen molar-refractivity contribution in [3.05, 3.63) is 102 Å². The molecular weight excluding hydrogens is 484 g/mol. The Morgan fingerprint density at radius 2 is 1.28 bits per heavy atom. The van der Waals surface area contributed by atoms with Crippen LogP contribution in [0.3, 0.4) is 0 Å². The summed E-state index contributed by atoms with van der Waals surface area (Å²) >= 11 is 0. The van der Waals surface area contributed by atoms with E-state index in [9.17, 15) is 9.59 Å². The molecule has 6 heteroatoms. The molecule has 0 radical (unpaired) electrons. The lowest BCUT2D eigenvalue weighted by Gasteiger charge is -2.27. The van der Waals surface area contributed by atoms with Crippen LogP contribution in [0, 0.1) is 5.92 Å². The lowest BCUT2D eigenvalue weighted by Crippen LogP contribution is -2.55. The molecule has 2 atom stereocenters. The highest BCUT2D eigenvalue weighted by molar-refractivity contribution is 5.90. The Morgan fingerprint density at radius 1 is 0.769 bits per heavy atom. The molecule has 0 bridgehead atoms. The average Bonchev–Trinajstić information content (AvgIpc) is 2.88. The minimum absolute atomic E-state index is 0.216. The first-order valence-corrected chi connectivity index (χ1v) is 13.8. The van der Waals surface area contributed by atoms with Gasteiger partial charge in [-0.05, 0) is 61.9 Å². The van der Waals surface area contributed by atoms with Gasteiger partial charge in [-0.2, -0.15) is 0 Å². The van der Waals surface area contributed by atoms with Crippen LogP contribution < -0.4 is 21.3 Å². The fourth-order valence-corrected chi connectivity index (χ4v) is 4.48. The Hall–Kier alpha value is -3.64. The first kappa shape index (κ1) is 29.9. The van der Waals surface area contributed by atoms with Crippen molar-refractivity contribution in [3.8, 4) is 0 Å². The predicted octanol–water partition coefficient (Wildman–Crippen LogP) is 5.21. The maximum absolute atomic E-state index is 13.2. The number of nitrogens with zero attached hydrogens (tertiary/aromatic N) is 1. The largest absolute Gasteiger partial charge is 0.363 e. The number of hydrogen-bond donors (Lipinski definition) is 3.